The number of nitrogens with two attached hydrogens (primary N) is 1. The number of carbonyl (C=O) groups is 3. The molecule has 1 unspecified atom stereocenters. The number of hydrogen-bond donors (Lipinski definition) is 2. The number of nitrogens with one attached hydrogen (secondary N) is 1. The second-order valence-electron chi connectivity index (χ2n) is 4.71. The minimum atomic E-state index is -1.05. The van der Waals surface area contributed by atoms with E-state index in [2.05, 4.69) is 5.32 Å². The maximum Gasteiger partial charge on any atom is 0.255 e. The van der Waals surface area contributed by atoms with Crippen LogP contribution >= 0.6 is 0 Å². The molecule has 2 rings (SSSR count). The Morgan fingerprint density at radius 3 is 2.71 bits per heavy atom. The van der Waals surface area contributed by atoms with Crippen molar-refractivity contribution < 1.29 is 23.2 Å². The number of anilines is 1. The highest BCUT2D eigenvalue weighted by Gasteiger charge is 2.33. The van der Waals surface area contributed by atoms with Crippen molar-refractivity contribution in [2.24, 2.45) is 0 Å². The fraction of sp³-hybridized carbons (Fsp3) is 0.308. The lowest BCUT2D eigenvalue weighted by molar-refractivity contribution is -0.147. The molecule has 0 bridgehead atoms. The van der Waals surface area contributed by atoms with Crippen LogP contribution in [0, 0.1) is 11.6 Å². The molecule has 1 aliphatic heterocycles. The molecule has 112 valence electrons. The Hall–Kier alpha value is -2.51. The van der Waals surface area contributed by atoms with Gasteiger partial charge < -0.3 is 11.1 Å². The normalized spacial score (nSPS) is 18.8. The fourth-order valence-corrected chi connectivity index (χ4v) is 2.06. The zero-order valence-electron chi connectivity index (χ0n) is 11.2. The highest BCUT2D eigenvalue weighted by Crippen LogP contribution is 2.18. The summed E-state index contributed by atoms with van der Waals surface area (Å²) in [4.78, 5) is 36.0. The van der Waals surface area contributed by atoms with Crippen molar-refractivity contribution in [2.45, 2.75) is 18.9 Å². The molecule has 3 amide bonds. The molecule has 1 aromatic rings. The van der Waals surface area contributed by atoms with Crippen molar-refractivity contribution in [1.29, 1.82) is 0 Å². The van der Waals surface area contributed by atoms with Crippen molar-refractivity contribution in [3.63, 3.8) is 0 Å². The van der Waals surface area contributed by atoms with Crippen LogP contribution < -0.4 is 11.1 Å². The Kier molecular flexibility index (Phi) is 3.88. The third kappa shape index (κ3) is 2.83. The number of imide groups is 1. The lowest BCUT2D eigenvalue weighted by Crippen LogP contribution is -2.53. The smallest absolute Gasteiger partial charge is 0.255 e. The topological polar surface area (TPSA) is 92.5 Å². The van der Waals surface area contributed by atoms with Gasteiger partial charge in [0.25, 0.3) is 11.8 Å². The molecule has 1 atom stereocenters. The number of likely N-dealkylation sites (N-methyl/N-ethyl adjacent to an activating group) is 1. The first-order valence-corrected chi connectivity index (χ1v) is 6.17. The summed E-state index contributed by atoms with van der Waals surface area (Å²) in [6.07, 6.45) is 0.196. The number of nitrogen functional groups attached to an aromatic ring is 1. The van der Waals surface area contributed by atoms with Gasteiger partial charge in [0, 0.05) is 13.5 Å². The number of halogens is 2. The minimum absolute atomic E-state index is 0.0843. The van der Waals surface area contributed by atoms with Gasteiger partial charge in [0.1, 0.15) is 11.9 Å². The Balaban J connectivity index is 2.19. The van der Waals surface area contributed by atoms with Crippen LogP contribution in [0.3, 0.4) is 0 Å². The fourth-order valence-electron chi connectivity index (χ4n) is 2.06. The molecule has 1 saturated heterocycles. The minimum Gasteiger partial charge on any atom is -0.396 e. The van der Waals surface area contributed by atoms with E-state index in [1.165, 1.54) is 7.05 Å². The number of carbonyl (C=O) groups excluding carboxylic acids is 3. The van der Waals surface area contributed by atoms with Crippen molar-refractivity contribution in [1.82, 2.24) is 10.2 Å². The number of nitrogens with zero attached hydrogens (tertiary/aromatic N) is 1. The molecule has 21 heavy (non-hydrogen) atoms. The van der Waals surface area contributed by atoms with Gasteiger partial charge in [0.05, 0.1) is 11.3 Å². The summed E-state index contributed by atoms with van der Waals surface area (Å²) in [6, 6.07) is 0.497. The van der Waals surface area contributed by atoms with Crippen molar-refractivity contribution in [2.75, 3.05) is 12.8 Å². The molecule has 1 heterocycles. The summed E-state index contributed by atoms with van der Waals surface area (Å²) in [7, 11) is 1.30. The van der Waals surface area contributed by atoms with Crippen LogP contribution in [0.1, 0.15) is 23.2 Å². The number of amides is 3. The summed E-state index contributed by atoms with van der Waals surface area (Å²) >= 11 is 0. The molecule has 0 radical (unpaired) electrons. The second-order valence-corrected chi connectivity index (χ2v) is 4.71. The van der Waals surface area contributed by atoms with Gasteiger partial charge in [0.15, 0.2) is 5.82 Å². The van der Waals surface area contributed by atoms with E-state index in [0.29, 0.717) is 6.07 Å². The van der Waals surface area contributed by atoms with Crippen LogP contribution in [0.5, 0.6) is 0 Å². The molecule has 6 nitrogen and oxygen atoms in total. The molecule has 0 aromatic heterocycles. The SMILES string of the molecule is CN1C(=O)CCC(NC(=O)c2cc(F)cc(N)c2F)C1=O. The van der Waals surface area contributed by atoms with Gasteiger partial charge in [-0.15, -0.1) is 0 Å². The monoisotopic (exact) mass is 297 g/mol. The van der Waals surface area contributed by atoms with Gasteiger partial charge in [0.2, 0.25) is 5.91 Å². The van der Waals surface area contributed by atoms with Crippen molar-refractivity contribution in [3.8, 4) is 0 Å². The molecule has 0 spiro atoms. The van der Waals surface area contributed by atoms with E-state index in [1.807, 2.05) is 0 Å². The predicted molar refractivity (Wildman–Crippen MR) is 69.0 cm³/mol. The Morgan fingerprint density at radius 1 is 1.38 bits per heavy atom. The second kappa shape index (κ2) is 5.47. The van der Waals surface area contributed by atoms with Gasteiger partial charge >= 0.3 is 0 Å². The van der Waals surface area contributed by atoms with Crippen LogP contribution in [-0.2, 0) is 9.59 Å². The van der Waals surface area contributed by atoms with Gasteiger partial charge in [-0.05, 0) is 18.6 Å². The molecular formula is C13H13F2N3O3. The van der Waals surface area contributed by atoms with Gasteiger partial charge in [-0.3, -0.25) is 19.3 Å². The third-order valence-corrected chi connectivity index (χ3v) is 3.27. The maximum absolute atomic E-state index is 13.7. The lowest BCUT2D eigenvalue weighted by Gasteiger charge is -2.28. The molecule has 0 aliphatic carbocycles. The van der Waals surface area contributed by atoms with Gasteiger partial charge in [-0.1, -0.05) is 0 Å². The molecule has 8 heteroatoms. The number of hydrogen-bond acceptors (Lipinski definition) is 4. The summed E-state index contributed by atoms with van der Waals surface area (Å²) in [5, 5.41) is 2.29. The van der Waals surface area contributed by atoms with E-state index >= 15 is 0 Å². The van der Waals surface area contributed by atoms with E-state index in [0.717, 1.165) is 11.0 Å². The average molecular weight is 297 g/mol. The van der Waals surface area contributed by atoms with E-state index in [-0.39, 0.29) is 18.7 Å². The van der Waals surface area contributed by atoms with Crippen molar-refractivity contribution >= 4 is 23.4 Å². The molecular weight excluding hydrogens is 284 g/mol. The first-order chi connectivity index (χ1) is 9.81. The molecule has 3 N–H and O–H groups in total. The largest absolute Gasteiger partial charge is 0.396 e. The Morgan fingerprint density at radius 2 is 2.05 bits per heavy atom. The Labute approximate surface area is 118 Å². The first-order valence-electron chi connectivity index (χ1n) is 6.17. The number of likely N-dealkylation sites (tertiary alicyclic amines) is 1. The van der Waals surface area contributed by atoms with E-state index in [9.17, 15) is 23.2 Å². The molecule has 1 aromatic carbocycles. The number of piperidine rings is 1. The van der Waals surface area contributed by atoms with Gasteiger partial charge in [-0.25, -0.2) is 8.78 Å². The van der Waals surface area contributed by atoms with Crippen LogP contribution in [0.4, 0.5) is 14.5 Å². The number of rotatable bonds is 2. The van der Waals surface area contributed by atoms with Crippen LogP contribution in [0.2, 0.25) is 0 Å². The maximum atomic E-state index is 13.7. The van der Waals surface area contributed by atoms with Crippen LogP contribution in [-0.4, -0.2) is 35.7 Å². The zero-order chi connectivity index (χ0) is 15.7. The van der Waals surface area contributed by atoms with E-state index in [1.54, 1.807) is 0 Å². The van der Waals surface area contributed by atoms with Crippen LogP contribution in [0.15, 0.2) is 12.1 Å². The third-order valence-electron chi connectivity index (χ3n) is 3.27. The quantitative estimate of drug-likeness (QED) is 0.611. The zero-order valence-corrected chi connectivity index (χ0v) is 11.2. The average Bonchev–Trinajstić information content (AvgIpc) is 2.43. The highest BCUT2D eigenvalue weighted by atomic mass is 19.1. The molecule has 1 aliphatic rings. The van der Waals surface area contributed by atoms with E-state index < -0.39 is 40.7 Å². The summed E-state index contributed by atoms with van der Waals surface area (Å²) < 4.78 is 26.9. The summed E-state index contributed by atoms with van der Waals surface area (Å²) in [6.45, 7) is 0. The van der Waals surface area contributed by atoms with Crippen LogP contribution in [0.25, 0.3) is 0 Å². The summed E-state index contributed by atoms with van der Waals surface area (Å²) in [5.41, 5.74) is 4.16. The predicted octanol–water partition coefficient (Wildman–Crippen LogP) is 0.424. The first kappa shape index (κ1) is 14.9. The van der Waals surface area contributed by atoms with Crippen molar-refractivity contribution in [3.05, 3.63) is 29.3 Å². The highest BCUT2D eigenvalue weighted by molar-refractivity contribution is 6.03. The Bertz CT molecular complexity index is 633. The summed E-state index contributed by atoms with van der Waals surface area (Å²) in [5.74, 6) is -3.82. The van der Waals surface area contributed by atoms with Gasteiger partial charge in [-0.2, -0.15) is 0 Å². The van der Waals surface area contributed by atoms with E-state index in [4.69, 9.17) is 5.73 Å². The molecule has 1 fully saturated rings. The standard InChI is InChI=1S/C13H13F2N3O3/c1-18-10(19)3-2-9(13(18)21)17-12(20)7-4-6(14)5-8(16)11(7)15/h4-5,9H,2-3,16H2,1H3,(H,17,20). The lowest BCUT2D eigenvalue weighted by atomic mass is 10.0. The molecule has 0 saturated carbocycles. The number of benzene rings is 1.